The van der Waals surface area contributed by atoms with E-state index in [0.29, 0.717) is 18.8 Å². The highest BCUT2D eigenvalue weighted by molar-refractivity contribution is 9.10. The summed E-state index contributed by atoms with van der Waals surface area (Å²) in [7, 11) is 1.62. The molecule has 1 aliphatic rings. The number of carbonyl (C=O) groups is 1. The SMILES string of the molecule is COc1ccc(OCC(=O)N2CCN(c3nc4ccc(Br)cc4s3)CC2)cc1. The third-order valence-corrected chi connectivity index (χ3v) is 6.24. The van der Waals surface area contributed by atoms with Gasteiger partial charge in [0.2, 0.25) is 0 Å². The van der Waals surface area contributed by atoms with Crippen molar-refractivity contribution in [3.8, 4) is 11.5 Å². The Hall–Kier alpha value is -2.32. The van der Waals surface area contributed by atoms with E-state index in [4.69, 9.17) is 14.5 Å². The molecule has 4 rings (SSSR count). The van der Waals surface area contributed by atoms with Gasteiger partial charge in [-0.3, -0.25) is 4.79 Å². The molecule has 1 saturated heterocycles. The highest BCUT2D eigenvalue weighted by atomic mass is 79.9. The summed E-state index contributed by atoms with van der Waals surface area (Å²) in [6.45, 7) is 2.93. The lowest BCUT2D eigenvalue weighted by atomic mass is 10.3. The normalized spacial score (nSPS) is 14.4. The molecule has 2 heterocycles. The predicted octanol–water partition coefficient (Wildman–Crippen LogP) is 3.80. The zero-order valence-corrected chi connectivity index (χ0v) is 17.8. The maximum atomic E-state index is 12.5. The van der Waals surface area contributed by atoms with Crippen LogP contribution in [0.25, 0.3) is 10.2 Å². The zero-order chi connectivity index (χ0) is 19.5. The van der Waals surface area contributed by atoms with Gasteiger partial charge in [-0.05, 0) is 42.5 Å². The van der Waals surface area contributed by atoms with Gasteiger partial charge in [-0.2, -0.15) is 0 Å². The highest BCUT2D eigenvalue weighted by Gasteiger charge is 2.23. The molecule has 0 saturated carbocycles. The Kier molecular flexibility index (Phi) is 5.68. The average molecular weight is 462 g/mol. The van der Waals surface area contributed by atoms with Gasteiger partial charge in [0.05, 0.1) is 17.3 Å². The van der Waals surface area contributed by atoms with E-state index in [1.165, 1.54) is 0 Å². The number of ether oxygens (including phenoxy) is 2. The van der Waals surface area contributed by atoms with Gasteiger partial charge in [-0.25, -0.2) is 4.98 Å². The molecule has 0 bridgehead atoms. The average Bonchev–Trinajstić information content (AvgIpc) is 3.15. The van der Waals surface area contributed by atoms with Gasteiger partial charge >= 0.3 is 0 Å². The quantitative estimate of drug-likeness (QED) is 0.578. The molecule has 1 fully saturated rings. The minimum absolute atomic E-state index is 0.00342. The van der Waals surface area contributed by atoms with E-state index in [-0.39, 0.29) is 12.5 Å². The van der Waals surface area contributed by atoms with Crippen molar-refractivity contribution in [3.63, 3.8) is 0 Å². The number of benzene rings is 2. The number of fused-ring (bicyclic) bond motifs is 1. The molecular weight excluding hydrogens is 442 g/mol. The van der Waals surface area contributed by atoms with Gasteiger partial charge in [0.25, 0.3) is 5.91 Å². The first kappa shape index (κ1) is 19.0. The van der Waals surface area contributed by atoms with E-state index >= 15 is 0 Å². The van der Waals surface area contributed by atoms with Crippen molar-refractivity contribution in [2.45, 2.75) is 0 Å². The van der Waals surface area contributed by atoms with Crippen LogP contribution in [0.4, 0.5) is 5.13 Å². The highest BCUT2D eigenvalue weighted by Crippen LogP contribution is 2.31. The Morgan fingerprint density at radius 1 is 1.11 bits per heavy atom. The number of aromatic nitrogens is 1. The van der Waals surface area contributed by atoms with E-state index in [1.807, 2.05) is 29.2 Å². The summed E-state index contributed by atoms with van der Waals surface area (Å²) in [6.07, 6.45) is 0. The first-order valence-electron chi connectivity index (χ1n) is 8.98. The minimum atomic E-state index is 0.00342. The molecule has 0 radical (unpaired) electrons. The monoisotopic (exact) mass is 461 g/mol. The standard InChI is InChI=1S/C20H20BrN3O3S/c1-26-15-3-5-16(6-4-15)27-13-19(25)23-8-10-24(11-9-23)20-22-17-7-2-14(21)12-18(17)28-20/h2-7,12H,8-11,13H2,1H3. The Morgan fingerprint density at radius 3 is 2.54 bits per heavy atom. The predicted molar refractivity (Wildman–Crippen MR) is 115 cm³/mol. The Balaban J connectivity index is 1.30. The molecule has 2 aromatic carbocycles. The molecule has 0 spiro atoms. The second kappa shape index (κ2) is 8.36. The topological polar surface area (TPSA) is 54.9 Å². The molecule has 0 aliphatic carbocycles. The molecule has 0 unspecified atom stereocenters. The van der Waals surface area contributed by atoms with Gasteiger partial charge in [0.15, 0.2) is 11.7 Å². The summed E-state index contributed by atoms with van der Waals surface area (Å²) in [5.74, 6) is 1.43. The first-order valence-corrected chi connectivity index (χ1v) is 10.6. The largest absolute Gasteiger partial charge is 0.497 e. The smallest absolute Gasteiger partial charge is 0.260 e. The molecule has 28 heavy (non-hydrogen) atoms. The number of halogens is 1. The van der Waals surface area contributed by atoms with Gasteiger partial charge in [-0.15, -0.1) is 0 Å². The molecule has 3 aromatic rings. The number of carbonyl (C=O) groups excluding carboxylic acids is 1. The van der Waals surface area contributed by atoms with Crippen LogP contribution in [0.1, 0.15) is 0 Å². The Bertz CT molecular complexity index is 968. The summed E-state index contributed by atoms with van der Waals surface area (Å²) >= 11 is 5.19. The number of hydrogen-bond donors (Lipinski definition) is 0. The van der Waals surface area contributed by atoms with Crippen LogP contribution < -0.4 is 14.4 Å². The Morgan fingerprint density at radius 2 is 1.82 bits per heavy atom. The van der Waals surface area contributed by atoms with Gasteiger partial charge in [0, 0.05) is 30.7 Å². The van der Waals surface area contributed by atoms with Crippen molar-refractivity contribution in [3.05, 3.63) is 46.9 Å². The summed E-state index contributed by atoms with van der Waals surface area (Å²) in [6, 6.07) is 13.4. The van der Waals surface area contributed by atoms with Crippen molar-refractivity contribution in [2.75, 3.05) is 44.8 Å². The second-order valence-corrected chi connectivity index (χ2v) is 8.37. The van der Waals surface area contributed by atoms with Gasteiger partial charge in [0.1, 0.15) is 11.5 Å². The third kappa shape index (κ3) is 4.23. The van der Waals surface area contributed by atoms with Crippen molar-refractivity contribution in [1.29, 1.82) is 0 Å². The van der Waals surface area contributed by atoms with E-state index in [0.717, 1.165) is 38.7 Å². The maximum Gasteiger partial charge on any atom is 0.260 e. The second-order valence-electron chi connectivity index (χ2n) is 6.44. The number of rotatable bonds is 5. The zero-order valence-electron chi connectivity index (χ0n) is 15.4. The van der Waals surface area contributed by atoms with Crippen LogP contribution in [0.15, 0.2) is 46.9 Å². The molecule has 8 heteroatoms. The third-order valence-electron chi connectivity index (χ3n) is 4.66. The fraction of sp³-hybridized carbons (Fsp3) is 0.300. The van der Waals surface area contributed by atoms with Crippen molar-refractivity contribution < 1.29 is 14.3 Å². The molecule has 0 atom stereocenters. The van der Waals surface area contributed by atoms with Crippen molar-refractivity contribution in [1.82, 2.24) is 9.88 Å². The number of piperazine rings is 1. The van der Waals surface area contributed by atoms with Gasteiger partial charge in [-0.1, -0.05) is 27.3 Å². The fourth-order valence-corrected chi connectivity index (χ4v) is 4.65. The lowest BCUT2D eigenvalue weighted by Crippen LogP contribution is -2.50. The van der Waals surface area contributed by atoms with Crippen LogP contribution in [-0.4, -0.2) is 55.7 Å². The number of amides is 1. The van der Waals surface area contributed by atoms with E-state index in [2.05, 4.69) is 26.9 Å². The van der Waals surface area contributed by atoms with E-state index < -0.39 is 0 Å². The van der Waals surface area contributed by atoms with Crippen molar-refractivity contribution >= 4 is 48.5 Å². The molecule has 146 valence electrons. The van der Waals surface area contributed by atoms with Crippen LogP contribution in [0.5, 0.6) is 11.5 Å². The minimum Gasteiger partial charge on any atom is -0.497 e. The lowest BCUT2D eigenvalue weighted by Gasteiger charge is -2.34. The van der Waals surface area contributed by atoms with E-state index in [1.54, 1.807) is 30.6 Å². The van der Waals surface area contributed by atoms with Crippen LogP contribution in [0.3, 0.4) is 0 Å². The van der Waals surface area contributed by atoms with Crippen LogP contribution >= 0.6 is 27.3 Å². The summed E-state index contributed by atoms with van der Waals surface area (Å²) in [5.41, 5.74) is 1.01. The number of methoxy groups -OCH3 is 1. The first-order chi connectivity index (χ1) is 13.6. The number of hydrogen-bond acceptors (Lipinski definition) is 6. The van der Waals surface area contributed by atoms with E-state index in [9.17, 15) is 4.79 Å². The van der Waals surface area contributed by atoms with Crippen LogP contribution in [0.2, 0.25) is 0 Å². The van der Waals surface area contributed by atoms with Crippen molar-refractivity contribution in [2.24, 2.45) is 0 Å². The molecule has 1 amide bonds. The molecular formula is C20H20BrN3O3S. The molecule has 1 aliphatic heterocycles. The maximum absolute atomic E-state index is 12.5. The molecule has 0 N–H and O–H groups in total. The van der Waals surface area contributed by atoms with Crippen LogP contribution in [0, 0.1) is 0 Å². The number of nitrogens with zero attached hydrogens (tertiary/aromatic N) is 3. The summed E-state index contributed by atoms with van der Waals surface area (Å²) in [4.78, 5) is 21.3. The van der Waals surface area contributed by atoms with Gasteiger partial charge < -0.3 is 19.3 Å². The summed E-state index contributed by atoms with van der Waals surface area (Å²) < 4.78 is 12.9. The number of anilines is 1. The fourth-order valence-electron chi connectivity index (χ4n) is 3.08. The number of thiazole rings is 1. The van der Waals surface area contributed by atoms with Crippen LogP contribution in [-0.2, 0) is 4.79 Å². The molecule has 6 nitrogen and oxygen atoms in total. The summed E-state index contributed by atoms with van der Waals surface area (Å²) in [5, 5.41) is 1.01. The Labute approximate surface area is 175 Å². The lowest BCUT2D eigenvalue weighted by molar-refractivity contribution is -0.133. The molecule has 1 aromatic heterocycles.